The summed E-state index contributed by atoms with van der Waals surface area (Å²) in [6, 6.07) is 0. The van der Waals surface area contributed by atoms with E-state index in [9.17, 15) is 4.79 Å². The van der Waals surface area contributed by atoms with Crippen molar-refractivity contribution >= 4 is 5.97 Å². The Morgan fingerprint density at radius 1 is 1.64 bits per heavy atom. The zero-order valence-electron chi connectivity index (χ0n) is 6.54. The fourth-order valence-corrected chi connectivity index (χ4v) is 0.446. The molecule has 0 rings (SSSR count). The number of hydrogen-bond acceptors (Lipinski definition) is 4. The molecule has 11 heavy (non-hydrogen) atoms. The molecule has 0 aliphatic rings. The summed E-state index contributed by atoms with van der Waals surface area (Å²) >= 11 is 0. The first-order valence-electron chi connectivity index (χ1n) is 3.43. The Morgan fingerprint density at radius 3 is 2.73 bits per heavy atom. The molecule has 0 atom stereocenters. The normalized spacial score (nSPS) is 8.55. The molecule has 0 aromatic rings. The summed E-state index contributed by atoms with van der Waals surface area (Å²) in [6.07, 6.45) is 1.26. The van der Waals surface area contributed by atoms with Gasteiger partial charge in [-0.25, -0.2) is 0 Å². The summed E-state index contributed by atoms with van der Waals surface area (Å²) in [6.45, 7) is 2.90. The van der Waals surface area contributed by atoms with E-state index in [1.165, 1.54) is 0 Å². The third-order valence-electron chi connectivity index (χ3n) is 0.887. The second kappa shape index (κ2) is 9.88. The Kier molecular flexibility index (Phi) is 12.1. The van der Waals surface area contributed by atoms with E-state index in [0.717, 1.165) is 6.42 Å². The van der Waals surface area contributed by atoms with Crippen LogP contribution in [0.2, 0.25) is 0 Å². The van der Waals surface area contributed by atoms with Gasteiger partial charge in [0.25, 0.3) is 0 Å². The van der Waals surface area contributed by atoms with Crippen LogP contribution < -0.4 is 11.2 Å². The first-order valence-corrected chi connectivity index (χ1v) is 3.43. The van der Waals surface area contributed by atoms with Crippen LogP contribution in [0.1, 0.15) is 19.8 Å². The van der Waals surface area contributed by atoms with Gasteiger partial charge in [-0.2, -0.15) is 5.48 Å². The number of rotatable bonds is 5. The molecule has 0 aromatic carbocycles. The molecule has 0 radical (unpaired) electrons. The maximum absolute atomic E-state index is 10.6. The van der Waals surface area contributed by atoms with Crippen molar-refractivity contribution in [1.82, 2.24) is 5.48 Å². The molecular weight excluding hydrogens is 191 g/mol. The van der Waals surface area contributed by atoms with Crippen molar-refractivity contribution in [3.8, 4) is 0 Å². The molecule has 0 aliphatic carbocycles. The molecule has 70 valence electrons. The first-order chi connectivity index (χ1) is 4.81. The fourth-order valence-electron chi connectivity index (χ4n) is 0.446. The number of carbonyl (C=O) groups excluding carboxylic acids is 1. The summed E-state index contributed by atoms with van der Waals surface area (Å²) in [5.41, 5.74) is 7.58. The molecule has 0 unspecified atom stereocenters. The minimum absolute atomic E-state index is 0. The number of nitrogens with one attached hydrogen (secondary N) is 1. The van der Waals surface area contributed by atoms with E-state index in [2.05, 4.69) is 10.3 Å². The second-order valence-corrected chi connectivity index (χ2v) is 1.91. The van der Waals surface area contributed by atoms with Crippen LogP contribution in [0.5, 0.6) is 0 Å². The molecule has 0 heterocycles. The van der Waals surface area contributed by atoms with Crippen molar-refractivity contribution in [1.29, 1.82) is 0 Å². The molecule has 0 bridgehead atoms. The van der Waals surface area contributed by atoms with Crippen LogP contribution in [-0.4, -0.2) is 19.1 Å². The van der Waals surface area contributed by atoms with E-state index in [1.807, 2.05) is 6.92 Å². The van der Waals surface area contributed by atoms with E-state index < -0.39 is 0 Å². The Hall–Kier alpha value is -0.116. The summed E-state index contributed by atoms with van der Waals surface area (Å²) < 4.78 is 0. The molecule has 0 aliphatic heterocycles. The van der Waals surface area contributed by atoms with Gasteiger partial charge in [-0.1, -0.05) is 6.92 Å². The molecule has 0 amide bonds. The van der Waals surface area contributed by atoms with Crippen LogP contribution in [0.15, 0.2) is 0 Å². The van der Waals surface area contributed by atoms with E-state index in [0.29, 0.717) is 19.5 Å². The smallest absolute Gasteiger partial charge is 0.324 e. The van der Waals surface area contributed by atoms with Gasteiger partial charge in [0, 0.05) is 36.0 Å². The maximum Gasteiger partial charge on any atom is 0.324 e. The summed E-state index contributed by atoms with van der Waals surface area (Å²) in [4.78, 5) is 15.1. The summed E-state index contributed by atoms with van der Waals surface area (Å²) in [7, 11) is 0. The van der Waals surface area contributed by atoms with Crippen molar-refractivity contribution in [2.45, 2.75) is 19.8 Å². The Labute approximate surface area is 76.7 Å². The number of nitrogens with two attached hydrogens (primary N) is 1. The van der Waals surface area contributed by atoms with Crippen molar-refractivity contribution < 1.29 is 26.1 Å². The number of hydroxylamine groups is 1. The minimum Gasteiger partial charge on any atom is -0.371 e. The van der Waals surface area contributed by atoms with Crippen molar-refractivity contribution in [2.75, 3.05) is 13.1 Å². The predicted molar refractivity (Wildman–Crippen MR) is 38.1 cm³/mol. The first kappa shape index (κ1) is 13.5. The molecule has 0 aromatic heterocycles. The zero-order chi connectivity index (χ0) is 7.82. The van der Waals surface area contributed by atoms with Gasteiger partial charge in [0.2, 0.25) is 0 Å². The molecule has 0 fully saturated rings. The van der Waals surface area contributed by atoms with Gasteiger partial charge in [-0.15, -0.1) is 0 Å². The van der Waals surface area contributed by atoms with Gasteiger partial charge in [0.05, 0.1) is 0 Å². The predicted octanol–water partition coefficient (Wildman–Crippen LogP) is -0.209. The topological polar surface area (TPSA) is 64.3 Å². The minimum atomic E-state index is -0.226. The number of carbonyl (C=O) groups is 1. The SMILES string of the molecule is CCCC(=O)ONCCN.[Ni]. The van der Waals surface area contributed by atoms with Crippen molar-refractivity contribution in [3.05, 3.63) is 0 Å². The standard InChI is InChI=1S/C6H14N2O2.Ni/c1-2-3-6(9)10-8-5-4-7;/h8H,2-5,7H2,1H3;. The van der Waals surface area contributed by atoms with Crippen molar-refractivity contribution in [2.24, 2.45) is 5.73 Å². The molecule has 0 spiro atoms. The quantitative estimate of drug-likeness (QED) is 0.370. The zero-order valence-corrected chi connectivity index (χ0v) is 7.53. The van der Waals surface area contributed by atoms with Crippen LogP contribution >= 0.6 is 0 Å². The van der Waals surface area contributed by atoms with Crippen LogP contribution in [0.3, 0.4) is 0 Å². The van der Waals surface area contributed by atoms with Crippen LogP contribution in [0.25, 0.3) is 0 Å². The van der Waals surface area contributed by atoms with Gasteiger partial charge >= 0.3 is 5.97 Å². The Balaban J connectivity index is 0. The van der Waals surface area contributed by atoms with Gasteiger partial charge in [-0.3, -0.25) is 4.79 Å². The average molecular weight is 205 g/mol. The van der Waals surface area contributed by atoms with Crippen LogP contribution in [0.4, 0.5) is 0 Å². The largest absolute Gasteiger partial charge is 0.371 e. The van der Waals surface area contributed by atoms with E-state index in [1.54, 1.807) is 0 Å². The molecule has 0 saturated heterocycles. The Bertz CT molecular complexity index is 101. The maximum atomic E-state index is 10.6. The molecule has 3 N–H and O–H groups in total. The summed E-state index contributed by atoms with van der Waals surface area (Å²) in [5, 5.41) is 0. The third kappa shape index (κ3) is 9.88. The molecule has 0 saturated carbocycles. The van der Waals surface area contributed by atoms with E-state index >= 15 is 0 Å². The van der Waals surface area contributed by atoms with E-state index in [4.69, 9.17) is 5.73 Å². The van der Waals surface area contributed by atoms with Crippen LogP contribution in [-0.2, 0) is 26.1 Å². The fraction of sp³-hybridized carbons (Fsp3) is 0.833. The Morgan fingerprint density at radius 2 is 2.27 bits per heavy atom. The van der Waals surface area contributed by atoms with Gasteiger partial charge in [0.15, 0.2) is 0 Å². The average Bonchev–Trinajstić information content (AvgIpc) is 1.89. The third-order valence-corrected chi connectivity index (χ3v) is 0.887. The number of hydrogen-bond donors (Lipinski definition) is 2. The molecular formula is C6H14N2NiO2. The van der Waals surface area contributed by atoms with Crippen LogP contribution in [0, 0.1) is 0 Å². The molecule has 4 nitrogen and oxygen atoms in total. The van der Waals surface area contributed by atoms with Gasteiger partial charge in [-0.05, 0) is 6.42 Å². The summed E-state index contributed by atoms with van der Waals surface area (Å²) in [5.74, 6) is -0.226. The second-order valence-electron chi connectivity index (χ2n) is 1.91. The van der Waals surface area contributed by atoms with Crippen molar-refractivity contribution in [3.63, 3.8) is 0 Å². The van der Waals surface area contributed by atoms with Gasteiger partial charge in [0.1, 0.15) is 0 Å². The monoisotopic (exact) mass is 204 g/mol. The molecule has 5 heteroatoms. The van der Waals surface area contributed by atoms with E-state index in [-0.39, 0.29) is 22.5 Å². The van der Waals surface area contributed by atoms with Gasteiger partial charge < -0.3 is 10.6 Å².